The molecule has 0 radical (unpaired) electrons. The van der Waals surface area contributed by atoms with Gasteiger partial charge in [-0.05, 0) is 42.2 Å². The summed E-state index contributed by atoms with van der Waals surface area (Å²) in [7, 11) is 1.27. The fourth-order valence-corrected chi connectivity index (χ4v) is 4.75. The summed E-state index contributed by atoms with van der Waals surface area (Å²) in [6, 6.07) is 9.03. The van der Waals surface area contributed by atoms with Crippen molar-refractivity contribution in [1.29, 1.82) is 0 Å². The van der Waals surface area contributed by atoms with Crippen molar-refractivity contribution in [2.24, 2.45) is 11.3 Å². The van der Waals surface area contributed by atoms with Gasteiger partial charge in [-0.3, -0.25) is 19.7 Å². The number of carbonyl (C=O) groups excluding carboxylic acids is 3. The molecule has 30 heavy (non-hydrogen) atoms. The molecular formula is C22H27N3O5. The summed E-state index contributed by atoms with van der Waals surface area (Å²) >= 11 is 0. The molecule has 2 aliphatic heterocycles. The molecule has 1 aliphatic carbocycles. The van der Waals surface area contributed by atoms with Crippen LogP contribution in [0.3, 0.4) is 0 Å². The molecule has 0 bridgehead atoms. The third kappa shape index (κ3) is 3.79. The Morgan fingerprint density at radius 1 is 1.20 bits per heavy atom. The summed E-state index contributed by atoms with van der Waals surface area (Å²) in [5, 5.41) is 9.26. The van der Waals surface area contributed by atoms with E-state index in [2.05, 4.69) is 0 Å². The topological polar surface area (TPSA) is 99.2 Å². The first kappa shape index (κ1) is 20.4. The normalized spacial score (nSPS) is 24.8. The van der Waals surface area contributed by atoms with E-state index < -0.39 is 24.0 Å². The standard InChI is InChI=1S/C22H27N3O5/c1-30-21(28)25-14-22(9-10-22)13-17(19(26)23-29)18(25)20(27)24-11-7-16(8-12-24)15-5-3-2-4-6-15/h2-7,17-18,29H,8-14H2,1H3,(H,23,26). The van der Waals surface area contributed by atoms with Gasteiger partial charge in [0.1, 0.15) is 6.04 Å². The molecule has 3 aliphatic rings. The van der Waals surface area contributed by atoms with E-state index in [1.54, 1.807) is 10.4 Å². The number of nitrogens with zero attached hydrogens (tertiary/aromatic N) is 2. The second-order valence-electron chi connectivity index (χ2n) is 8.46. The van der Waals surface area contributed by atoms with Gasteiger partial charge in [-0.15, -0.1) is 0 Å². The number of hydrogen-bond donors (Lipinski definition) is 2. The van der Waals surface area contributed by atoms with Gasteiger partial charge in [0.15, 0.2) is 0 Å². The number of rotatable bonds is 3. The van der Waals surface area contributed by atoms with Crippen molar-refractivity contribution in [3.63, 3.8) is 0 Å². The molecule has 2 heterocycles. The van der Waals surface area contributed by atoms with Crippen molar-refractivity contribution in [2.45, 2.75) is 31.7 Å². The van der Waals surface area contributed by atoms with Gasteiger partial charge in [0, 0.05) is 19.6 Å². The third-order valence-electron chi connectivity index (χ3n) is 6.61. The summed E-state index contributed by atoms with van der Waals surface area (Å²) < 4.78 is 4.93. The zero-order chi connectivity index (χ0) is 21.3. The largest absolute Gasteiger partial charge is 0.453 e. The minimum Gasteiger partial charge on any atom is -0.453 e. The van der Waals surface area contributed by atoms with Crippen molar-refractivity contribution < 1.29 is 24.3 Å². The number of amides is 3. The number of methoxy groups -OCH3 is 1. The van der Waals surface area contributed by atoms with Crippen molar-refractivity contribution in [3.05, 3.63) is 42.0 Å². The van der Waals surface area contributed by atoms with Crippen LogP contribution in [0, 0.1) is 11.3 Å². The van der Waals surface area contributed by atoms with Gasteiger partial charge in [0.2, 0.25) is 11.8 Å². The Balaban J connectivity index is 1.57. The Morgan fingerprint density at radius 3 is 2.50 bits per heavy atom. The van der Waals surface area contributed by atoms with Gasteiger partial charge in [-0.2, -0.15) is 0 Å². The maximum Gasteiger partial charge on any atom is 0.410 e. The first-order valence-corrected chi connectivity index (χ1v) is 10.3. The van der Waals surface area contributed by atoms with Crippen LogP contribution < -0.4 is 5.48 Å². The molecule has 8 heteroatoms. The molecule has 2 unspecified atom stereocenters. The maximum atomic E-state index is 13.5. The Morgan fingerprint density at radius 2 is 1.93 bits per heavy atom. The van der Waals surface area contributed by atoms with Gasteiger partial charge in [0.05, 0.1) is 13.0 Å². The van der Waals surface area contributed by atoms with Crippen molar-refractivity contribution >= 4 is 23.5 Å². The number of piperidine rings is 1. The summed E-state index contributed by atoms with van der Waals surface area (Å²) in [6.45, 7) is 1.31. The van der Waals surface area contributed by atoms with Gasteiger partial charge >= 0.3 is 6.09 Å². The van der Waals surface area contributed by atoms with E-state index in [1.165, 1.54) is 17.6 Å². The second-order valence-corrected chi connectivity index (χ2v) is 8.46. The van der Waals surface area contributed by atoms with Crippen LogP contribution >= 0.6 is 0 Å². The molecule has 2 fully saturated rings. The maximum absolute atomic E-state index is 13.5. The van der Waals surface area contributed by atoms with Crippen LogP contribution in [-0.4, -0.2) is 65.7 Å². The molecule has 8 nitrogen and oxygen atoms in total. The lowest BCUT2D eigenvalue weighted by Crippen LogP contribution is -2.62. The molecule has 3 amide bonds. The Bertz CT molecular complexity index is 837. The van der Waals surface area contributed by atoms with Gasteiger partial charge in [-0.1, -0.05) is 36.4 Å². The van der Waals surface area contributed by atoms with E-state index >= 15 is 0 Å². The molecule has 160 valence electrons. The van der Waals surface area contributed by atoms with Crippen LogP contribution in [0.1, 0.15) is 31.2 Å². The molecule has 2 N–H and O–H groups in total. The first-order valence-electron chi connectivity index (χ1n) is 10.3. The fraction of sp³-hybridized carbons (Fsp3) is 0.500. The molecule has 4 rings (SSSR count). The average molecular weight is 413 g/mol. The lowest BCUT2D eigenvalue weighted by atomic mass is 9.79. The highest BCUT2D eigenvalue weighted by Gasteiger charge is 2.57. The molecule has 1 aromatic rings. The number of ether oxygens (including phenoxy) is 1. The molecule has 1 saturated heterocycles. The smallest absolute Gasteiger partial charge is 0.410 e. The lowest BCUT2D eigenvalue weighted by Gasteiger charge is -2.44. The number of likely N-dealkylation sites (tertiary alicyclic amines) is 1. The molecule has 2 atom stereocenters. The second kappa shape index (κ2) is 8.10. The molecule has 0 aromatic heterocycles. The number of hydroxylamine groups is 1. The highest BCUT2D eigenvalue weighted by atomic mass is 16.5. The summed E-state index contributed by atoms with van der Waals surface area (Å²) in [5.41, 5.74) is 3.84. The van der Waals surface area contributed by atoms with E-state index in [0.29, 0.717) is 32.5 Å². The fourth-order valence-electron chi connectivity index (χ4n) is 4.75. The Labute approximate surface area is 175 Å². The predicted molar refractivity (Wildman–Crippen MR) is 108 cm³/mol. The highest BCUT2D eigenvalue weighted by molar-refractivity contribution is 5.93. The minimum absolute atomic E-state index is 0.162. The van der Waals surface area contributed by atoms with Crippen LogP contribution in [0.15, 0.2) is 36.4 Å². The van der Waals surface area contributed by atoms with Crippen LogP contribution in [0.5, 0.6) is 0 Å². The van der Waals surface area contributed by atoms with Crippen LogP contribution in [0.4, 0.5) is 4.79 Å². The SMILES string of the molecule is COC(=O)N1CC2(CC2)CC(C(=O)NO)C1C(=O)N1CC=C(c2ccccc2)CC1. The van der Waals surface area contributed by atoms with Crippen molar-refractivity contribution in [1.82, 2.24) is 15.3 Å². The van der Waals surface area contributed by atoms with Crippen molar-refractivity contribution in [2.75, 3.05) is 26.7 Å². The molecular weight excluding hydrogens is 386 g/mol. The van der Waals surface area contributed by atoms with Crippen molar-refractivity contribution in [3.8, 4) is 0 Å². The zero-order valence-electron chi connectivity index (χ0n) is 17.0. The van der Waals surface area contributed by atoms with E-state index in [0.717, 1.165) is 18.4 Å². The van der Waals surface area contributed by atoms with E-state index in [-0.39, 0.29) is 11.3 Å². The molecule has 1 spiro atoms. The number of benzene rings is 1. The quantitative estimate of drug-likeness (QED) is 0.584. The molecule has 1 saturated carbocycles. The number of hydrogen-bond acceptors (Lipinski definition) is 5. The predicted octanol–water partition coefficient (Wildman–Crippen LogP) is 2.04. The zero-order valence-corrected chi connectivity index (χ0v) is 17.0. The van der Waals surface area contributed by atoms with Crippen LogP contribution in [0.25, 0.3) is 5.57 Å². The summed E-state index contributed by atoms with van der Waals surface area (Å²) in [4.78, 5) is 41.5. The summed E-state index contributed by atoms with van der Waals surface area (Å²) in [6.07, 6.45) is 4.36. The number of carbonyl (C=O) groups is 3. The molecule has 1 aromatic carbocycles. The van der Waals surface area contributed by atoms with Gasteiger partial charge in [-0.25, -0.2) is 10.3 Å². The Kier molecular flexibility index (Phi) is 5.51. The monoisotopic (exact) mass is 413 g/mol. The first-order chi connectivity index (χ1) is 14.5. The third-order valence-corrected chi connectivity index (χ3v) is 6.61. The summed E-state index contributed by atoms with van der Waals surface area (Å²) in [5.74, 6) is -1.73. The van der Waals surface area contributed by atoms with Crippen LogP contribution in [0.2, 0.25) is 0 Å². The van der Waals surface area contributed by atoms with E-state index in [4.69, 9.17) is 4.74 Å². The van der Waals surface area contributed by atoms with E-state index in [1.807, 2.05) is 36.4 Å². The van der Waals surface area contributed by atoms with Gasteiger partial charge < -0.3 is 9.64 Å². The number of nitrogens with one attached hydrogen (secondary N) is 1. The van der Waals surface area contributed by atoms with Gasteiger partial charge in [0.25, 0.3) is 0 Å². The average Bonchev–Trinajstić information content (AvgIpc) is 3.55. The van der Waals surface area contributed by atoms with Crippen LogP contribution in [-0.2, 0) is 14.3 Å². The Hall–Kier alpha value is -2.87. The lowest BCUT2D eigenvalue weighted by molar-refractivity contribution is -0.150. The minimum atomic E-state index is -0.984. The van der Waals surface area contributed by atoms with E-state index in [9.17, 15) is 19.6 Å². The highest BCUT2D eigenvalue weighted by Crippen LogP contribution is 2.55.